The van der Waals surface area contributed by atoms with Gasteiger partial charge >= 0.3 is 12.3 Å². The highest BCUT2D eigenvalue weighted by Gasteiger charge is 2.33. The minimum atomic E-state index is -4.87. The van der Waals surface area contributed by atoms with Gasteiger partial charge in [-0.3, -0.25) is 0 Å². The molecule has 41 heavy (non-hydrogen) atoms. The molecule has 0 bridgehead atoms. The molecule has 0 aliphatic rings. The van der Waals surface area contributed by atoms with Crippen LogP contribution in [0, 0.1) is 13.8 Å². The van der Waals surface area contributed by atoms with Crippen molar-refractivity contribution in [3.05, 3.63) is 88.9 Å². The quantitative estimate of drug-likeness (QED) is 0.201. The van der Waals surface area contributed by atoms with Gasteiger partial charge < -0.3 is 23.5 Å². The monoisotopic (exact) mass is 565 g/mol. The average molecular weight is 566 g/mol. The predicted molar refractivity (Wildman–Crippen MR) is 145 cm³/mol. The number of fused-ring (bicyclic) bond motifs is 1. The number of ether oxygens (including phenoxy) is 2. The van der Waals surface area contributed by atoms with Crippen molar-refractivity contribution >= 4 is 16.9 Å². The topological polar surface area (TPSA) is 94.9 Å². The molecule has 0 unspecified atom stereocenters. The molecule has 5 rings (SSSR count). The smallest absolute Gasteiger partial charge is 0.489 e. The molecule has 1 N–H and O–H groups in total. The van der Waals surface area contributed by atoms with Crippen LogP contribution >= 0.6 is 0 Å². The molecule has 2 aromatic heterocycles. The van der Waals surface area contributed by atoms with Crippen molar-refractivity contribution in [3.63, 3.8) is 0 Å². The van der Waals surface area contributed by atoms with Gasteiger partial charge in [-0.05, 0) is 66.9 Å². The van der Waals surface area contributed by atoms with E-state index in [4.69, 9.17) is 13.7 Å². The Morgan fingerprint density at radius 1 is 1.02 bits per heavy atom. The molecule has 0 amide bonds. The average Bonchev–Trinajstić information content (AvgIpc) is 3.46. The first-order chi connectivity index (χ1) is 19.4. The minimum absolute atomic E-state index is 0.00107. The third kappa shape index (κ3) is 5.63. The van der Waals surface area contributed by atoms with Crippen LogP contribution < -0.4 is 9.47 Å². The fraction of sp³-hybridized carbons (Fsp3) is 0.226. The molecule has 0 spiro atoms. The Hall–Kier alpha value is -4.73. The van der Waals surface area contributed by atoms with Gasteiger partial charge in [0.05, 0.1) is 5.56 Å². The number of alkyl halides is 3. The SMILES string of the molecule is Cc1cc(OCc2c(-c3ccccc3OC(F)(F)F)noc2C(C)C)ccc1-c1ccc2c(C(=O)O)c(C)oc2c1. The number of aromatic nitrogens is 1. The first-order valence-corrected chi connectivity index (χ1v) is 12.8. The molecule has 3 aromatic carbocycles. The number of rotatable bonds is 8. The number of aromatic carboxylic acids is 1. The summed E-state index contributed by atoms with van der Waals surface area (Å²) in [6.07, 6.45) is -4.87. The van der Waals surface area contributed by atoms with Gasteiger partial charge in [0.1, 0.15) is 46.5 Å². The molecule has 7 nitrogen and oxygen atoms in total. The van der Waals surface area contributed by atoms with E-state index in [9.17, 15) is 23.1 Å². The molecule has 0 aliphatic carbocycles. The molecule has 0 atom stereocenters. The standard InChI is InChI=1S/C31H26F3NO6/c1-16(2)29-24(28(35-41-29)23-7-5-6-8-25(23)40-31(32,33)34)15-38-20-10-12-21(17(3)13-20)19-9-11-22-26(14-19)39-18(4)27(22)30(36)37/h5-14,16H,15H2,1-4H3,(H,36,37). The molecule has 10 heteroatoms. The van der Waals surface area contributed by atoms with E-state index in [1.54, 1.807) is 31.2 Å². The Balaban J connectivity index is 1.43. The summed E-state index contributed by atoms with van der Waals surface area (Å²) in [5.74, 6) is -0.152. The Kier molecular flexibility index (Phi) is 7.25. The molecule has 0 saturated carbocycles. The van der Waals surface area contributed by atoms with Crippen molar-refractivity contribution in [2.45, 2.75) is 46.6 Å². The van der Waals surface area contributed by atoms with E-state index in [0.29, 0.717) is 33.8 Å². The largest absolute Gasteiger partial charge is 0.573 e. The fourth-order valence-electron chi connectivity index (χ4n) is 4.86. The number of carbonyl (C=O) groups is 1. The normalized spacial score (nSPS) is 11.8. The van der Waals surface area contributed by atoms with Gasteiger partial charge in [-0.25, -0.2) is 4.79 Å². The number of carboxylic acid groups (broad SMARTS) is 1. The molecule has 0 fully saturated rings. The second kappa shape index (κ2) is 10.7. The maximum Gasteiger partial charge on any atom is 0.573 e. The summed E-state index contributed by atoms with van der Waals surface area (Å²) in [7, 11) is 0. The van der Waals surface area contributed by atoms with Gasteiger partial charge in [0, 0.05) is 16.9 Å². The summed E-state index contributed by atoms with van der Waals surface area (Å²) in [6, 6.07) is 16.6. The third-order valence-electron chi connectivity index (χ3n) is 6.68. The Morgan fingerprint density at radius 2 is 1.78 bits per heavy atom. The van der Waals surface area contributed by atoms with Crippen LogP contribution in [0.5, 0.6) is 11.5 Å². The highest BCUT2D eigenvalue weighted by Crippen LogP contribution is 2.38. The number of nitrogens with zero attached hydrogens (tertiary/aromatic N) is 1. The number of para-hydroxylation sites is 1. The first kappa shape index (κ1) is 27.8. The van der Waals surface area contributed by atoms with E-state index in [-0.39, 0.29) is 35.1 Å². The van der Waals surface area contributed by atoms with Gasteiger partial charge in [0.15, 0.2) is 0 Å². The number of aryl methyl sites for hydroxylation is 2. The van der Waals surface area contributed by atoms with E-state index in [1.807, 2.05) is 39.0 Å². The van der Waals surface area contributed by atoms with Crippen molar-refractivity contribution < 1.29 is 41.5 Å². The maximum atomic E-state index is 13.0. The third-order valence-corrected chi connectivity index (χ3v) is 6.68. The van der Waals surface area contributed by atoms with Gasteiger partial charge in [0.2, 0.25) is 0 Å². The zero-order valence-electron chi connectivity index (χ0n) is 22.6. The number of hydrogen-bond donors (Lipinski definition) is 1. The fourth-order valence-corrected chi connectivity index (χ4v) is 4.86. The minimum Gasteiger partial charge on any atom is -0.489 e. The second-order valence-corrected chi connectivity index (χ2v) is 9.89. The highest BCUT2D eigenvalue weighted by molar-refractivity contribution is 6.04. The summed E-state index contributed by atoms with van der Waals surface area (Å²) >= 11 is 0. The van der Waals surface area contributed by atoms with Crippen LogP contribution in [-0.4, -0.2) is 22.6 Å². The Bertz CT molecular complexity index is 1750. The lowest BCUT2D eigenvalue weighted by molar-refractivity contribution is -0.274. The van der Waals surface area contributed by atoms with Crippen molar-refractivity contribution in [2.75, 3.05) is 0 Å². The van der Waals surface area contributed by atoms with Crippen LogP contribution in [0.2, 0.25) is 0 Å². The lowest BCUT2D eigenvalue weighted by Crippen LogP contribution is -2.17. The summed E-state index contributed by atoms with van der Waals surface area (Å²) in [6.45, 7) is 7.32. The zero-order chi connectivity index (χ0) is 29.5. The Labute approximate surface area is 233 Å². The number of halogens is 3. The summed E-state index contributed by atoms with van der Waals surface area (Å²) in [5.41, 5.74) is 4.13. The van der Waals surface area contributed by atoms with E-state index in [1.165, 1.54) is 18.2 Å². The van der Waals surface area contributed by atoms with E-state index in [0.717, 1.165) is 16.7 Å². The van der Waals surface area contributed by atoms with Gasteiger partial charge in [-0.1, -0.05) is 43.3 Å². The molecular weight excluding hydrogens is 539 g/mol. The number of benzene rings is 3. The molecule has 0 aliphatic heterocycles. The van der Waals surface area contributed by atoms with Crippen LogP contribution in [0.15, 0.2) is 69.6 Å². The molecule has 0 saturated heterocycles. The van der Waals surface area contributed by atoms with Crippen molar-refractivity contribution in [3.8, 4) is 33.9 Å². The van der Waals surface area contributed by atoms with Gasteiger partial charge in [0.25, 0.3) is 0 Å². The van der Waals surface area contributed by atoms with Crippen LogP contribution in [0.25, 0.3) is 33.4 Å². The number of hydrogen-bond acceptors (Lipinski definition) is 6. The highest BCUT2D eigenvalue weighted by atomic mass is 19.4. The van der Waals surface area contributed by atoms with E-state index >= 15 is 0 Å². The van der Waals surface area contributed by atoms with Crippen LogP contribution in [0.1, 0.15) is 52.8 Å². The molecule has 5 aromatic rings. The predicted octanol–water partition coefficient (Wildman–Crippen LogP) is 8.67. The van der Waals surface area contributed by atoms with Gasteiger partial charge in [-0.15, -0.1) is 13.2 Å². The Morgan fingerprint density at radius 3 is 2.46 bits per heavy atom. The van der Waals surface area contributed by atoms with Crippen LogP contribution in [0.4, 0.5) is 13.2 Å². The lowest BCUT2D eigenvalue weighted by atomic mass is 9.98. The summed E-state index contributed by atoms with van der Waals surface area (Å²) in [5, 5.41) is 14.1. The summed E-state index contributed by atoms with van der Waals surface area (Å²) < 4.78 is 60.7. The lowest BCUT2D eigenvalue weighted by Gasteiger charge is -2.14. The first-order valence-electron chi connectivity index (χ1n) is 12.8. The zero-order valence-corrected chi connectivity index (χ0v) is 22.6. The number of furan rings is 1. The van der Waals surface area contributed by atoms with Crippen molar-refractivity contribution in [1.82, 2.24) is 5.16 Å². The van der Waals surface area contributed by atoms with E-state index in [2.05, 4.69) is 9.89 Å². The molecule has 0 radical (unpaired) electrons. The summed E-state index contributed by atoms with van der Waals surface area (Å²) in [4.78, 5) is 11.6. The van der Waals surface area contributed by atoms with Crippen LogP contribution in [0.3, 0.4) is 0 Å². The van der Waals surface area contributed by atoms with Crippen molar-refractivity contribution in [2.24, 2.45) is 0 Å². The number of carboxylic acids is 1. The van der Waals surface area contributed by atoms with Crippen LogP contribution in [-0.2, 0) is 6.61 Å². The maximum absolute atomic E-state index is 13.0. The molecule has 212 valence electrons. The van der Waals surface area contributed by atoms with Crippen molar-refractivity contribution in [1.29, 1.82) is 0 Å². The molecular formula is C31H26F3NO6. The molecule has 2 heterocycles. The second-order valence-electron chi connectivity index (χ2n) is 9.89. The van der Waals surface area contributed by atoms with Gasteiger partial charge in [-0.2, -0.15) is 0 Å². The van der Waals surface area contributed by atoms with E-state index < -0.39 is 12.3 Å².